The molecule has 0 aliphatic carbocycles. The number of oxime groups is 1. The van der Waals surface area contributed by atoms with Gasteiger partial charge in [-0.3, -0.25) is 4.57 Å². The van der Waals surface area contributed by atoms with Gasteiger partial charge in [-0.25, -0.2) is 0 Å². The van der Waals surface area contributed by atoms with Crippen molar-refractivity contribution >= 4 is 13.4 Å². The van der Waals surface area contributed by atoms with Crippen LogP contribution < -0.4 is 0 Å². The van der Waals surface area contributed by atoms with Gasteiger partial charge in [0, 0.05) is 13.0 Å². The van der Waals surface area contributed by atoms with Crippen molar-refractivity contribution in [2.75, 3.05) is 25.9 Å². The molecule has 1 unspecified atom stereocenters. The van der Waals surface area contributed by atoms with Crippen LogP contribution in [0.2, 0.25) is 0 Å². The first-order valence-corrected chi connectivity index (χ1v) is 9.70. The number of hydrogen-bond donors (Lipinski definition) is 0. The van der Waals surface area contributed by atoms with E-state index in [9.17, 15) is 4.57 Å². The SMILES string of the molecule is CCCCC1ON=C(CP(=O)(OCC)OCC)N1CCC. The second-order valence-corrected chi connectivity index (χ2v) is 7.06. The minimum Gasteiger partial charge on any atom is -0.369 e. The molecule has 1 aliphatic rings. The number of amidine groups is 1. The van der Waals surface area contributed by atoms with E-state index < -0.39 is 7.60 Å². The molecule has 7 heteroatoms. The predicted molar refractivity (Wildman–Crippen MR) is 84.6 cm³/mol. The number of nitrogens with zero attached hydrogens (tertiary/aromatic N) is 2. The van der Waals surface area contributed by atoms with E-state index in [1.54, 1.807) is 0 Å². The molecule has 0 spiro atoms. The highest BCUT2D eigenvalue weighted by atomic mass is 31.2. The first kappa shape index (κ1) is 18.5. The summed E-state index contributed by atoms with van der Waals surface area (Å²) < 4.78 is 23.3. The Bertz CT molecular complexity index is 366. The fraction of sp³-hybridized carbons (Fsp3) is 0.929. The largest absolute Gasteiger partial charge is 0.369 e. The third-order valence-electron chi connectivity index (χ3n) is 3.21. The summed E-state index contributed by atoms with van der Waals surface area (Å²) in [7, 11) is -3.13. The van der Waals surface area contributed by atoms with Crippen molar-refractivity contribution in [3.63, 3.8) is 0 Å². The molecule has 0 saturated heterocycles. The Morgan fingerprint density at radius 1 is 1.19 bits per heavy atom. The minimum absolute atomic E-state index is 0.0448. The molecule has 1 rings (SSSR count). The van der Waals surface area contributed by atoms with E-state index in [1.807, 2.05) is 13.8 Å². The van der Waals surface area contributed by atoms with Gasteiger partial charge >= 0.3 is 7.60 Å². The predicted octanol–water partition coefficient (Wildman–Crippen LogP) is 3.82. The summed E-state index contributed by atoms with van der Waals surface area (Å²) in [5, 5.41) is 4.13. The van der Waals surface area contributed by atoms with Gasteiger partial charge in [-0.15, -0.1) is 0 Å². The minimum atomic E-state index is -3.13. The highest BCUT2D eigenvalue weighted by Gasteiger charge is 2.35. The normalized spacial score (nSPS) is 18.8. The Hall–Kier alpha value is -0.580. The van der Waals surface area contributed by atoms with Crippen LogP contribution in [-0.4, -0.2) is 42.9 Å². The second kappa shape index (κ2) is 9.44. The molecule has 0 aromatic heterocycles. The summed E-state index contributed by atoms with van der Waals surface area (Å²) >= 11 is 0. The molecule has 0 aromatic carbocycles. The molecule has 0 radical (unpaired) electrons. The zero-order valence-electron chi connectivity index (χ0n) is 13.7. The van der Waals surface area contributed by atoms with Gasteiger partial charge in [-0.2, -0.15) is 0 Å². The Labute approximate surface area is 128 Å². The van der Waals surface area contributed by atoms with Crippen LogP contribution in [0.3, 0.4) is 0 Å². The fourth-order valence-corrected chi connectivity index (χ4v) is 3.94. The molecule has 21 heavy (non-hydrogen) atoms. The van der Waals surface area contributed by atoms with E-state index in [4.69, 9.17) is 13.9 Å². The molecule has 6 nitrogen and oxygen atoms in total. The Morgan fingerprint density at radius 2 is 1.86 bits per heavy atom. The van der Waals surface area contributed by atoms with Crippen molar-refractivity contribution in [3.8, 4) is 0 Å². The maximum atomic E-state index is 12.6. The van der Waals surface area contributed by atoms with Crippen LogP contribution in [0.1, 0.15) is 53.4 Å². The molecule has 124 valence electrons. The lowest BCUT2D eigenvalue weighted by Crippen LogP contribution is -2.38. The quantitative estimate of drug-likeness (QED) is 0.542. The molecule has 0 amide bonds. The highest BCUT2D eigenvalue weighted by molar-refractivity contribution is 7.54. The molecule has 1 aliphatic heterocycles. The summed E-state index contributed by atoms with van der Waals surface area (Å²) in [5.74, 6) is 0.684. The molecule has 0 bridgehead atoms. The van der Waals surface area contributed by atoms with Crippen molar-refractivity contribution in [1.29, 1.82) is 0 Å². The smallest absolute Gasteiger partial charge is 0.338 e. The third-order valence-corrected chi connectivity index (χ3v) is 5.19. The lowest BCUT2D eigenvalue weighted by molar-refractivity contribution is 0.00338. The fourth-order valence-electron chi connectivity index (χ4n) is 2.31. The first-order valence-electron chi connectivity index (χ1n) is 7.97. The summed E-state index contributed by atoms with van der Waals surface area (Å²) in [5.41, 5.74) is 0. The summed E-state index contributed by atoms with van der Waals surface area (Å²) in [4.78, 5) is 7.61. The van der Waals surface area contributed by atoms with Gasteiger partial charge < -0.3 is 18.8 Å². The van der Waals surface area contributed by atoms with Gasteiger partial charge in [0.1, 0.15) is 6.16 Å². The maximum absolute atomic E-state index is 12.6. The number of hydrogen-bond acceptors (Lipinski definition) is 6. The van der Waals surface area contributed by atoms with Crippen LogP contribution >= 0.6 is 7.60 Å². The van der Waals surface area contributed by atoms with Gasteiger partial charge in [-0.05, 0) is 26.7 Å². The molecular weight excluding hydrogens is 291 g/mol. The summed E-state index contributed by atoms with van der Waals surface area (Å²) in [6.07, 6.45) is 4.25. The van der Waals surface area contributed by atoms with Gasteiger partial charge in [-0.1, -0.05) is 25.4 Å². The van der Waals surface area contributed by atoms with E-state index >= 15 is 0 Å². The first-order chi connectivity index (χ1) is 10.1. The van der Waals surface area contributed by atoms with Crippen LogP contribution in [0, 0.1) is 0 Å². The topological polar surface area (TPSA) is 60.4 Å². The van der Waals surface area contributed by atoms with Gasteiger partial charge in [0.05, 0.1) is 13.2 Å². The Morgan fingerprint density at radius 3 is 2.38 bits per heavy atom. The monoisotopic (exact) mass is 320 g/mol. The van der Waals surface area contributed by atoms with Crippen LogP contribution in [-0.2, 0) is 18.5 Å². The molecule has 0 fully saturated rings. The molecule has 0 N–H and O–H groups in total. The highest BCUT2D eigenvalue weighted by Crippen LogP contribution is 2.48. The average Bonchev–Trinajstić information content (AvgIpc) is 2.79. The summed E-state index contributed by atoms with van der Waals surface area (Å²) in [6, 6.07) is 0. The van der Waals surface area contributed by atoms with Crippen molar-refractivity contribution < 1.29 is 18.5 Å². The van der Waals surface area contributed by atoms with Gasteiger partial charge in [0.25, 0.3) is 0 Å². The molecule has 0 saturated carbocycles. The zero-order chi connectivity index (χ0) is 15.7. The van der Waals surface area contributed by atoms with E-state index in [-0.39, 0.29) is 12.4 Å². The van der Waals surface area contributed by atoms with Gasteiger partial charge in [0.15, 0.2) is 5.84 Å². The Balaban J connectivity index is 2.73. The molecular formula is C14H29N2O4P. The maximum Gasteiger partial charge on any atom is 0.338 e. The van der Waals surface area contributed by atoms with Crippen molar-refractivity contribution in [3.05, 3.63) is 0 Å². The van der Waals surface area contributed by atoms with Crippen LogP contribution in [0.4, 0.5) is 0 Å². The van der Waals surface area contributed by atoms with E-state index in [2.05, 4.69) is 23.9 Å². The lowest BCUT2D eigenvalue weighted by atomic mass is 10.2. The number of rotatable bonds is 11. The number of unbranched alkanes of at least 4 members (excludes halogenated alkanes) is 1. The van der Waals surface area contributed by atoms with Crippen LogP contribution in [0.25, 0.3) is 0 Å². The average molecular weight is 320 g/mol. The molecule has 1 atom stereocenters. The van der Waals surface area contributed by atoms with Crippen molar-refractivity contribution in [1.82, 2.24) is 4.90 Å². The molecule has 0 aromatic rings. The van der Waals surface area contributed by atoms with E-state index in [0.29, 0.717) is 19.0 Å². The zero-order valence-corrected chi connectivity index (χ0v) is 14.6. The van der Waals surface area contributed by atoms with Gasteiger partial charge in [0.2, 0.25) is 6.23 Å². The van der Waals surface area contributed by atoms with Crippen molar-refractivity contribution in [2.24, 2.45) is 5.16 Å². The standard InChI is InChI=1S/C14H29N2O4P/c1-5-9-10-14-16(11-6-2)13(15-20-14)12-21(17,18-7-3)19-8-4/h14H,5-12H2,1-4H3. The van der Waals surface area contributed by atoms with E-state index in [1.165, 1.54) is 0 Å². The third kappa shape index (κ3) is 5.61. The Kier molecular flexibility index (Phi) is 8.30. The second-order valence-electron chi connectivity index (χ2n) is 5.01. The van der Waals surface area contributed by atoms with E-state index in [0.717, 1.165) is 32.2 Å². The summed E-state index contributed by atoms with van der Waals surface area (Å²) in [6.45, 7) is 9.44. The lowest BCUT2D eigenvalue weighted by Gasteiger charge is -2.26. The van der Waals surface area contributed by atoms with Crippen LogP contribution in [0.15, 0.2) is 5.16 Å². The molecule has 1 heterocycles. The van der Waals surface area contributed by atoms with Crippen molar-refractivity contribution in [2.45, 2.75) is 59.6 Å². The van der Waals surface area contributed by atoms with Crippen LogP contribution in [0.5, 0.6) is 0 Å².